The third-order valence-electron chi connectivity index (χ3n) is 5.92. The number of benzene rings is 1. The molecule has 3 rings (SSSR count). The van der Waals surface area contributed by atoms with Crippen LogP contribution >= 0.6 is 0 Å². The Balaban J connectivity index is 1.38. The van der Waals surface area contributed by atoms with Crippen molar-refractivity contribution in [3.05, 3.63) is 35.4 Å². The van der Waals surface area contributed by atoms with Gasteiger partial charge in [0.1, 0.15) is 0 Å². The first-order chi connectivity index (χ1) is 16.6. The summed E-state index contributed by atoms with van der Waals surface area (Å²) in [6.45, 7) is 2.54. The fraction of sp³-hybridized carbons (Fsp3) is 0.545. The van der Waals surface area contributed by atoms with Gasteiger partial charge in [-0.15, -0.1) is 0 Å². The summed E-state index contributed by atoms with van der Waals surface area (Å²) in [5.74, 6) is -1.31. The molecule has 1 aromatic rings. The molecule has 0 radical (unpaired) electrons. The normalized spacial score (nSPS) is 18.8. The molecule has 0 saturated carbocycles. The minimum Gasteiger partial charge on any atom is -0.453 e. The van der Waals surface area contributed by atoms with Gasteiger partial charge in [-0.25, -0.2) is 4.79 Å². The van der Waals surface area contributed by atoms with Crippen LogP contribution in [-0.4, -0.2) is 104 Å². The lowest BCUT2D eigenvalue weighted by molar-refractivity contribution is -0.137. The molecule has 2 heterocycles. The fourth-order valence-corrected chi connectivity index (χ4v) is 4.03. The first-order valence-corrected chi connectivity index (χ1v) is 11.1. The van der Waals surface area contributed by atoms with Crippen LogP contribution in [0.5, 0.6) is 0 Å². The molecular formula is C22H28F3N5O5. The number of halogens is 3. The van der Waals surface area contributed by atoms with Gasteiger partial charge in [0.05, 0.1) is 25.8 Å². The Morgan fingerprint density at radius 2 is 1.74 bits per heavy atom. The maximum absolute atomic E-state index is 12.8. The van der Waals surface area contributed by atoms with Gasteiger partial charge in [0.25, 0.3) is 5.91 Å². The van der Waals surface area contributed by atoms with Crippen LogP contribution in [0.3, 0.4) is 0 Å². The standard InChI is InChI=1S/C22H28F3N5O5/c1-35-21(34)30-9-7-29(8-10-30)19(32)14-28-6-5-17(13-28)27-18(31)12-26-20(33)15-3-2-4-16(11-15)22(23,24)25/h2-4,11,17H,5-10,12-14H2,1H3,(H,26,33)(H,27,31)/t17-/m1/s1. The van der Waals surface area contributed by atoms with Crippen molar-refractivity contribution in [2.75, 3.05) is 59.5 Å². The van der Waals surface area contributed by atoms with Crippen LogP contribution < -0.4 is 10.6 Å². The van der Waals surface area contributed by atoms with E-state index in [-0.39, 0.29) is 30.6 Å². The fourth-order valence-electron chi connectivity index (χ4n) is 4.03. The van der Waals surface area contributed by atoms with E-state index in [2.05, 4.69) is 15.4 Å². The van der Waals surface area contributed by atoms with Crippen LogP contribution in [0.1, 0.15) is 22.3 Å². The van der Waals surface area contributed by atoms with Gasteiger partial charge in [-0.1, -0.05) is 6.07 Å². The highest BCUT2D eigenvalue weighted by Crippen LogP contribution is 2.29. The van der Waals surface area contributed by atoms with Crippen LogP contribution in [0.4, 0.5) is 18.0 Å². The van der Waals surface area contributed by atoms with Gasteiger partial charge in [-0.2, -0.15) is 13.2 Å². The predicted molar refractivity (Wildman–Crippen MR) is 117 cm³/mol. The minimum atomic E-state index is -4.57. The Hall–Kier alpha value is -3.35. The Kier molecular flexibility index (Phi) is 8.54. The third kappa shape index (κ3) is 7.31. The summed E-state index contributed by atoms with van der Waals surface area (Å²) in [5.41, 5.74) is -1.13. The highest BCUT2D eigenvalue weighted by atomic mass is 19.4. The molecule has 2 saturated heterocycles. The summed E-state index contributed by atoms with van der Waals surface area (Å²) in [7, 11) is 1.31. The van der Waals surface area contributed by atoms with Gasteiger partial charge in [0.15, 0.2) is 0 Å². The number of nitrogens with zero attached hydrogens (tertiary/aromatic N) is 3. The Bertz CT molecular complexity index is 950. The van der Waals surface area contributed by atoms with E-state index in [0.717, 1.165) is 18.2 Å². The lowest BCUT2D eigenvalue weighted by atomic mass is 10.1. The van der Waals surface area contributed by atoms with Crippen LogP contribution in [0.2, 0.25) is 0 Å². The van der Waals surface area contributed by atoms with Crippen molar-refractivity contribution in [2.45, 2.75) is 18.6 Å². The van der Waals surface area contributed by atoms with Gasteiger partial charge < -0.3 is 25.2 Å². The number of methoxy groups -OCH3 is 1. The number of amides is 4. The molecule has 1 aromatic carbocycles. The lowest BCUT2D eigenvalue weighted by Crippen LogP contribution is -2.52. The topological polar surface area (TPSA) is 111 Å². The van der Waals surface area contributed by atoms with Crippen LogP contribution in [-0.2, 0) is 20.5 Å². The van der Waals surface area contributed by atoms with Crippen molar-refractivity contribution in [1.82, 2.24) is 25.3 Å². The Morgan fingerprint density at radius 3 is 2.40 bits per heavy atom. The summed E-state index contributed by atoms with van der Waals surface area (Å²) >= 11 is 0. The maximum atomic E-state index is 12.8. The molecule has 2 aliphatic heterocycles. The lowest BCUT2D eigenvalue weighted by Gasteiger charge is -2.34. The predicted octanol–water partition coefficient (Wildman–Crippen LogP) is 0.536. The van der Waals surface area contributed by atoms with Crippen LogP contribution in [0.25, 0.3) is 0 Å². The zero-order chi connectivity index (χ0) is 25.6. The number of hydrogen-bond acceptors (Lipinski definition) is 6. The van der Waals surface area contributed by atoms with E-state index in [1.807, 2.05) is 4.90 Å². The van der Waals surface area contributed by atoms with Gasteiger partial charge >= 0.3 is 12.3 Å². The van der Waals surface area contributed by atoms with Crippen molar-refractivity contribution in [2.24, 2.45) is 0 Å². The zero-order valence-corrected chi connectivity index (χ0v) is 19.3. The van der Waals surface area contributed by atoms with E-state index in [1.54, 1.807) is 4.90 Å². The molecule has 0 aromatic heterocycles. The second-order valence-electron chi connectivity index (χ2n) is 8.39. The summed E-state index contributed by atoms with van der Waals surface area (Å²) in [4.78, 5) is 53.6. The number of piperazine rings is 1. The van der Waals surface area contributed by atoms with E-state index in [0.29, 0.717) is 45.7 Å². The van der Waals surface area contributed by atoms with Gasteiger partial charge in [0.2, 0.25) is 11.8 Å². The summed E-state index contributed by atoms with van der Waals surface area (Å²) in [5, 5.41) is 5.09. The molecule has 0 spiro atoms. The van der Waals surface area contributed by atoms with E-state index < -0.39 is 29.6 Å². The monoisotopic (exact) mass is 499 g/mol. The molecule has 2 N–H and O–H groups in total. The first-order valence-electron chi connectivity index (χ1n) is 11.1. The number of likely N-dealkylation sites (tertiary alicyclic amines) is 1. The molecule has 1 atom stereocenters. The second-order valence-corrected chi connectivity index (χ2v) is 8.39. The van der Waals surface area contributed by atoms with Crippen LogP contribution in [0.15, 0.2) is 24.3 Å². The molecule has 4 amide bonds. The molecular weight excluding hydrogens is 471 g/mol. The zero-order valence-electron chi connectivity index (χ0n) is 19.3. The smallest absolute Gasteiger partial charge is 0.416 e. The molecule has 0 aliphatic carbocycles. The third-order valence-corrected chi connectivity index (χ3v) is 5.92. The number of alkyl halides is 3. The average molecular weight is 499 g/mol. The largest absolute Gasteiger partial charge is 0.453 e. The molecule has 2 aliphatic rings. The van der Waals surface area contributed by atoms with E-state index in [4.69, 9.17) is 0 Å². The number of hydrogen-bond donors (Lipinski definition) is 2. The number of carbonyl (C=O) groups excluding carboxylic acids is 4. The quantitative estimate of drug-likeness (QED) is 0.591. The first kappa shape index (κ1) is 26.3. The molecule has 35 heavy (non-hydrogen) atoms. The second kappa shape index (κ2) is 11.4. The minimum absolute atomic E-state index is 0.0603. The van der Waals surface area contributed by atoms with Crippen molar-refractivity contribution in [3.8, 4) is 0 Å². The van der Waals surface area contributed by atoms with Gasteiger partial charge in [-0.3, -0.25) is 19.3 Å². The van der Waals surface area contributed by atoms with E-state index in [9.17, 15) is 32.3 Å². The molecule has 13 heteroatoms. The Morgan fingerprint density at radius 1 is 1.06 bits per heavy atom. The molecule has 192 valence electrons. The number of nitrogens with one attached hydrogen (secondary N) is 2. The SMILES string of the molecule is COC(=O)N1CCN(C(=O)CN2CC[C@@H](NC(=O)CNC(=O)c3cccc(C(F)(F)F)c3)C2)CC1. The molecule has 2 fully saturated rings. The van der Waals surface area contributed by atoms with E-state index in [1.165, 1.54) is 18.1 Å². The molecule has 0 unspecified atom stereocenters. The summed E-state index contributed by atoms with van der Waals surface area (Å²) < 4.78 is 43.1. The maximum Gasteiger partial charge on any atom is 0.416 e. The number of ether oxygens (including phenoxy) is 1. The average Bonchev–Trinajstić information content (AvgIpc) is 3.28. The molecule has 10 nitrogen and oxygen atoms in total. The van der Waals surface area contributed by atoms with Crippen molar-refractivity contribution >= 4 is 23.8 Å². The van der Waals surface area contributed by atoms with Crippen molar-refractivity contribution in [1.29, 1.82) is 0 Å². The number of rotatable bonds is 6. The van der Waals surface area contributed by atoms with Crippen LogP contribution in [0, 0.1) is 0 Å². The van der Waals surface area contributed by atoms with Gasteiger partial charge in [-0.05, 0) is 24.6 Å². The Labute approximate surface area is 200 Å². The van der Waals surface area contributed by atoms with E-state index >= 15 is 0 Å². The molecule has 0 bridgehead atoms. The van der Waals surface area contributed by atoms with Crippen molar-refractivity contribution in [3.63, 3.8) is 0 Å². The highest BCUT2D eigenvalue weighted by Gasteiger charge is 2.31. The summed E-state index contributed by atoms with van der Waals surface area (Å²) in [6.07, 6.45) is -4.36. The van der Waals surface area contributed by atoms with Gasteiger partial charge in [0, 0.05) is 50.9 Å². The summed E-state index contributed by atoms with van der Waals surface area (Å²) in [6, 6.07) is 3.75. The highest BCUT2D eigenvalue weighted by molar-refractivity contribution is 5.96. The number of carbonyl (C=O) groups is 4. The van der Waals surface area contributed by atoms with Crippen molar-refractivity contribution < 1.29 is 37.1 Å².